The summed E-state index contributed by atoms with van der Waals surface area (Å²) in [5, 5.41) is 2.62. The van der Waals surface area contributed by atoms with Crippen LogP contribution in [-0.4, -0.2) is 30.3 Å². The third-order valence-electron chi connectivity index (χ3n) is 3.15. The fourth-order valence-electron chi connectivity index (χ4n) is 1.94. The smallest absolute Gasteiger partial charge is 0.254 e. The molecule has 2 aromatic rings. The van der Waals surface area contributed by atoms with Crippen LogP contribution in [0.4, 0.5) is 10.1 Å². The Balaban J connectivity index is 1.94. The van der Waals surface area contributed by atoms with Crippen molar-refractivity contribution in [3.8, 4) is 0 Å². The maximum Gasteiger partial charge on any atom is 0.254 e. The molecule has 0 aliphatic rings. The first-order chi connectivity index (χ1) is 10.5. The molecule has 0 fully saturated rings. The lowest BCUT2D eigenvalue weighted by molar-refractivity contribution is -0.116. The zero-order valence-corrected chi connectivity index (χ0v) is 12.5. The highest BCUT2D eigenvalue weighted by Crippen LogP contribution is 2.09. The van der Waals surface area contributed by atoms with Gasteiger partial charge in [-0.05, 0) is 43.3 Å². The lowest BCUT2D eigenvalue weighted by Crippen LogP contribution is -2.34. The molecule has 1 N–H and O–H groups in total. The van der Waals surface area contributed by atoms with Crippen molar-refractivity contribution in [1.29, 1.82) is 0 Å². The number of hydrogen-bond acceptors (Lipinski definition) is 2. The van der Waals surface area contributed by atoms with Gasteiger partial charge in [0.1, 0.15) is 5.82 Å². The van der Waals surface area contributed by atoms with Crippen molar-refractivity contribution >= 4 is 17.5 Å². The van der Waals surface area contributed by atoms with E-state index in [0.717, 1.165) is 5.56 Å². The number of halogens is 1. The molecule has 0 heterocycles. The zero-order chi connectivity index (χ0) is 16.1. The minimum Gasteiger partial charge on any atom is -0.332 e. The second-order valence-corrected chi connectivity index (χ2v) is 5.08. The minimum absolute atomic E-state index is 0.0793. The number of hydrogen-bond donors (Lipinski definition) is 1. The van der Waals surface area contributed by atoms with Gasteiger partial charge in [0.05, 0.1) is 6.54 Å². The van der Waals surface area contributed by atoms with Gasteiger partial charge in [0.2, 0.25) is 5.91 Å². The largest absolute Gasteiger partial charge is 0.332 e. The Labute approximate surface area is 128 Å². The summed E-state index contributed by atoms with van der Waals surface area (Å²) in [6, 6.07) is 12.6. The lowest BCUT2D eigenvalue weighted by atomic mass is 10.1. The Morgan fingerprint density at radius 3 is 2.23 bits per heavy atom. The van der Waals surface area contributed by atoms with Crippen molar-refractivity contribution in [1.82, 2.24) is 4.90 Å². The van der Waals surface area contributed by atoms with Crippen molar-refractivity contribution in [3.05, 3.63) is 65.5 Å². The molecule has 2 rings (SSSR count). The third kappa shape index (κ3) is 4.15. The van der Waals surface area contributed by atoms with Crippen molar-refractivity contribution in [2.75, 3.05) is 18.9 Å². The SMILES string of the molecule is Cc1ccc(C(=O)N(C)CC(=O)Nc2ccc(F)cc2)cc1. The van der Waals surface area contributed by atoms with Crippen LogP contribution in [0, 0.1) is 12.7 Å². The molecule has 0 saturated carbocycles. The molecule has 2 amide bonds. The maximum atomic E-state index is 12.8. The lowest BCUT2D eigenvalue weighted by Gasteiger charge is -2.17. The number of aryl methyl sites for hydroxylation is 1. The van der Waals surface area contributed by atoms with E-state index in [4.69, 9.17) is 0 Å². The Morgan fingerprint density at radius 1 is 1.05 bits per heavy atom. The van der Waals surface area contributed by atoms with Crippen LogP contribution in [0.25, 0.3) is 0 Å². The van der Waals surface area contributed by atoms with E-state index < -0.39 is 0 Å². The molecule has 114 valence electrons. The first-order valence-corrected chi connectivity index (χ1v) is 6.83. The molecule has 0 aliphatic heterocycles. The standard InChI is InChI=1S/C17H17FN2O2/c1-12-3-5-13(6-4-12)17(22)20(2)11-16(21)19-15-9-7-14(18)8-10-15/h3-10H,11H2,1-2H3,(H,19,21). The summed E-state index contributed by atoms with van der Waals surface area (Å²) in [4.78, 5) is 25.4. The predicted octanol–water partition coefficient (Wildman–Crippen LogP) is 2.84. The van der Waals surface area contributed by atoms with E-state index in [1.807, 2.05) is 19.1 Å². The molecule has 0 aliphatic carbocycles. The van der Waals surface area contributed by atoms with Gasteiger partial charge in [-0.1, -0.05) is 17.7 Å². The number of rotatable bonds is 4. The van der Waals surface area contributed by atoms with Crippen molar-refractivity contribution in [3.63, 3.8) is 0 Å². The fraction of sp³-hybridized carbons (Fsp3) is 0.176. The number of nitrogens with zero attached hydrogens (tertiary/aromatic N) is 1. The number of carbonyl (C=O) groups is 2. The number of amides is 2. The van der Waals surface area contributed by atoms with Gasteiger partial charge in [0, 0.05) is 18.3 Å². The summed E-state index contributed by atoms with van der Waals surface area (Å²) in [5.74, 6) is -0.937. The summed E-state index contributed by atoms with van der Waals surface area (Å²) >= 11 is 0. The highest BCUT2D eigenvalue weighted by Gasteiger charge is 2.14. The van der Waals surface area contributed by atoms with Crippen molar-refractivity contribution in [2.24, 2.45) is 0 Å². The van der Waals surface area contributed by atoms with E-state index >= 15 is 0 Å². The van der Waals surface area contributed by atoms with Gasteiger partial charge in [-0.3, -0.25) is 9.59 Å². The van der Waals surface area contributed by atoms with Gasteiger partial charge < -0.3 is 10.2 Å². The van der Waals surface area contributed by atoms with Gasteiger partial charge in [-0.15, -0.1) is 0 Å². The molecule has 5 heteroatoms. The van der Waals surface area contributed by atoms with Crippen LogP contribution in [0.2, 0.25) is 0 Å². The fourth-order valence-corrected chi connectivity index (χ4v) is 1.94. The van der Waals surface area contributed by atoms with Gasteiger partial charge in [0.25, 0.3) is 5.91 Å². The van der Waals surface area contributed by atoms with E-state index in [0.29, 0.717) is 11.3 Å². The zero-order valence-electron chi connectivity index (χ0n) is 12.5. The topological polar surface area (TPSA) is 49.4 Å². The molecular formula is C17H17FN2O2. The molecule has 0 aromatic heterocycles. The van der Waals surface area contributed by atoms with Crippen LogP contribution >= 0.6 is 0 Å². The summed E-state index contributed by atoms with van der Waals surface area (Å²) < 4.78 is 12.8. The maximum absolute atomic E-state index is 12.8. The Bertz CT molecular complexity index is 666. The van der Waals surface area contributed by atoms with Crippen molar-refractivity contribution in [2.45, 2.75) is 6.92 Å². The highest BCUT2D eigenvalue weighted by molar-refractivity contribution is 5.99. The molecule has 0 bridgehead atoms. The Kier molecular flexibility index (Phi) is 4.88. The van der Waals surface area contributed by atoms with Crippen molar-refractivity contribution < 1.29 is 14.0 Å². The molecule has 0 spiro atoms. The average molecular weight is 300 g/mol. The van der Waals surface area contributed by atoms with Crippen LogP contribution in [0.5, 0.6) is 0 Å². The number of anilines is 1. The second-order valence-electron chi connectivity index (χ2n) is 5.08. The van der Waals surface area contributed by atoms with E-state index in [-0.39, 0.29) is 24.2 Å². The first kappa shape index (κ1) is 15.7. The number of benzene rings is 2. The van der Waals surface area contributed by atoms with Crippen LogP contribution in [0.3, 0.4) is 0 Å². The van der Waals surface area contributed by atoms with Crippen LogP contribution in [0.15, 0.2) is 48.5 Å². The molecule has 0 unspecified atom stereocenters. The molecule has 22 heavy (non-hydrogen) atoms. The van der Waals surface area contributed by atoms with Gasteiger partial charge >= 0.3 is 0 Å². The minimum atomic E-state index is -0.371. The van der Waals surface area contributed by atoms with Crippen LogP contribution in [0.1, 0.15) is 15.9 Å². The predicted molar refractivity (Wildman–Crippen MR) is 83.2 cm³/mol. The molecule has 2 aromatic carbocycles. The second kappa shape index (κ2) is 6.85. The number of likely N-dealkylation sites (N-methyl/N-ethyl adjacent to an activating group) is 1. The quantitative estimate of drug-likeness (QED) is 0.944. The number of nitrogens with one attached hydrogen (secondary N) is 1. The van der Waals surface area contributed by atoms with E-state index in [1.165, 1.54) is 29.2 Å². The highest BCUT2D eigenvalue weighted by atomic mass is 19.1. The van der Waals surface area contributed by atoms with E-state index in [9.17, 15) is 14.0 Å². The van der Waals surface area contributed by atoms with Gasteiger partial charge in [-0.2, -0.15) is 0 Å². The van der Waals surface area contributed by atoms with E-state index in [2.05, 4.69) is 5.32 Å². The molecule has 0 saturated heterocycles. The van der Waals surface area contributed by atoms with Crippen LogP contribution in [-0.2, 0) is 4.79 Å². The summed E-state index contributed by atoms with van der Waals surface area (Å²) in [7, 11) is 1.56. The molecule has 0 radical (unpaired) electrons. The first-order valence-electron chi connectivity index (χ1n) is 6.83. The van der Waals surface area contributed by atoms with Gasteiger partial charge in [0.15, 0.2) is 0 Å². The van der Waals surface area contributed by atoms with E-state index in [1.54, 1.807) is 19.2 Å². The normalized spacial score (nSPS) is 10.1. The van der Waals surface area contributed by atoms with Crippen LogP contribution < -0.4 is 5.32 Å². The Morgan fingerprint density at radius 2 is 1.64 bits per heavy atom. The number of carbonyl (C=O) groups excluding carboxylic acids is 2. The summed E-state index contributed by atoms with van der Waals surface area (Å²) in [6.07, 6.45) is 0. The monoisotopic (exact) mass is 300 g/mol. The summed E-state index contributed by atoms with van der Waals surface area (Å²) in [6.45, 7) is 1.86. The molecule has 0 atom stereocenters. The molecular weight excluding hydrogens is 283 g/mol. The van der Waals surface area contributed by atoms with Gasteiger partial charge in [-0.25, -0.2) is 4.39 Å². The third-order valence-corrected chi connectivity index (χ3v) is 3.15. The summed E-state index contributed by atoms with van der Waals surface area (Å²) in [5.41, 5.74) is 2.08. The molecule has 4 nitrogen and oxygen atoms in total. The average Bonchev–Trinajstić information content (AvgIpc) is 2.49. The Hall–Kier alpha value is -2.69.